The molecule has 0 aliphatic rings. The van der Waals surface area contributed by atoms with Gasteiger partial charge in [-0.2, -0.15) is 5.06 Å². The molecule has 0 heterocycles. The maximum atomic E-state index is 9.65. The van der Waals surface area contributed by atoms with Gasteiger partial charge in [-0.3, -0.25) is 0 Å². The maximum absolute atomic E-state index is 9.65. The van der Waals surface area contributed by atoms with Gasteiger partial charge in [0.1, 0.15) is 0 Å². The third-order valence-corrected chi connectivity index (χ3v) is 1.86. The molecule has 2 nitrogen and oxygen atoms in total. The molecule has 0 rings (SSSR count). The first kappa shape index (κ1) is 11.4. The highest BCUT2D eigenvalue weighted by Gasteiger charge is 2.25. The molecule has 0 spiro atoms. The molecule has 0 saturated heterocycles. The normalized spacial score (nSPS) is 11.9. The van der Waals surface area contributed by atoms with Crippen LogP contribution in [0, 0.1) is 0 Å². The lowest BCUT2D eigenvalue weighted by molar-refractivity contribution is -0.183. The maximum Gasteiger partial charge on any atom is 0.0447 e. The minimum Gasteiger partial charge on any atom is -0.313 e. The van der Waals surface area contributed by atoms with E-state index < -0.39 is 0 Å². The third-order valence-electron chi connectivity index (χ3n) is 1.86. The number of hydrogen-bond donors (Lipinski definition) is 1. The zero-order valence-corrected chi connectivity index (χ0v) is 8.46. The fourth-order valence-corrected chi connectivity index (χ4v) is 1.11. The van der Waals surface area contributed by atoms with Gasteiger partial charge in [0.25, 0.3) is 0 Å². The lowest BCUT2D eigenvalue weighted by Gasteiger charge is -2.35. The fourth-order valence-electron chi connectivity index (χ4n) is 1.11. The van der Waals surface area contributed by atoms with Crippen LogP contribution in [0.5, 0.6) is 0 Å². The Kier molecular flexibility index (Phi) is 4.25. The Bertz CT molecular complexity index is 178. The second-order valence-corrected chi connectivity index (χ2v) is 3.86. The summed E-state index contributed by atoms with van der Waals surface area (Å²) in [6.07, 6.45) is 2.59. The summed E-state index contributed by atoms with van der Waals surface area (Å²) in [4.78, 5) is 0. The third kappa shape index (κ3) is 3.22. The van der Waals surface area contributed by atoms with Crippen molar-refractivity contribution in [2.45, 2.75) is 45.7 Å². The Morgan fingerprint density at radius 3 is 2.42 bits per heavy atom. The van der Waals surface area contributed by atoms with Crippen molar-refractivity contribution in [2.75, 3.05) is 0 Å². The second-order valence-electron chi connectivity index (χ2n) is 3.86. The van der Waals surface area contributed by atoms with Crippen LogP contribution in [0.15, 0.2) is 18.4 Å². The molecule has 70 valence electrons. The van der Waals surface area contributed by atoms with E-state index in [4.69, 9.17) is 0 Å². The molecule has 12 heavy (non-hydrogen) atoms. The van der Waals surface area contributed by atoms with Crippen molar-refractivity contribution >= 4 is 0 Å². The molecule has 2 heteroatoms. The predicted octanol–water partition coefficient (Wildman–Crippen LogP) is 2.60. The van der Waals surface area contributed by atoms with Crippen LogP contribution in [-0.2, 0) is 0 Å². The van der Waals surface area contributed by atoms with Crippen LogP contribution in [0.2, 0.25) is 0 Å². The summed E-state index contributed by atoms with van der Waals surface area (Å²) in [6, 6.07) is 0.137. The van der Waals surface area contributed by atoms with Crippen molar-refractivity contribution < 1.29 is 5.21 Å². The smallest absolute Gasteiger partial charge is 0.0447 e. The summed E-state index contributed by atoms with van der Waals surface area (Å²) in [5, 5.41) is 11.0. The largest absolute Gasteiger partial charge is 0.313 e. The Balaban J connectivity index is 4.27. The zero-order chi connectivity index (χ0) is 9.78. The van der Waals surface area contributed by atoms with Gasteiger partial charge in [-0.1, -0.05) is 6.58 Å². The molecule has 0 amide bonds. The monoisotopic (exact) mass is 169 g/mol. The van der Waals surface area contributed by atoms with Crippen molar-refractivity contribution in [3.63, 3.8) is 0 Å². The van der Waals surface area contributed by atoms with Gasteiger partial charge in [0.05, 0.1) is 0 Å². The molecular weight excluding hydrogens is 150 g/mol. The van der Waals surface area contributed by atoms with Crippen LogP contribution < -0.4 is 0 Å². The lowest BCUT2D eigenvalue weighted by atomic mass is 9.99. The lowest BCUT2D eigenvalue weighted by Crippen LogP contribution is -2.45. The molecule has 0 fully saturated rings. The number of rotatable bonds is 4. The van der Waals surface area contributed by atoms with Gasteiger partial charge < -0.3 is 5.21 Å². The van der Waals surface area contributed by atoms with E-state index in [1.807, 2.05) is 33.8 Å². The van der Waals surface area contributed by atoms with E-state index in [9.17, 15) is 5.21 Å². The van der Waals surface area contributed by atoms with E-state index in [2.05, 4.69) is 12.3 Å². The van der Waals surface area contributed by atoms with Gasteiger partial charge in [0, 0.05) is 11.6 Å². The van der Waals surface area contributed by atoms with E-state index in [0.29, 0.717) is 0 Å². The van der Waals surface area contributed by atoms with Crippen LogP contribution in [0.1, 0.15) is 34.1 Å². The van der Waals surface area contributed by atoms with Crippen molar-refractivity contribution in [1.29, 1.82) is 0 Å². The van der Waals surface area contributed by atoms with Crippen LogP contribution in [0.3, 0.4) is 0 Å². The summed E-state index contributed by atoms with van der Waals surface area (Å²) in [5.41, 5.74) is 2.47. The van der Waals surface area contributed by atoms with Gasteiger partial charge in [-0.25, -0.2) is 0 Å². The van der Waals surface area contributed by atoms with Gasteiger partial charge in [-0.05, 0) is 40.2 Å². The molecule has 0 saturated carbocycles. The van der Waals surface area contributed by atoms with Gasteiger partial charge >= 0.3 is 0 Å². The van der Waals surface area contributed by atoms with Crippen LogP contribution >= 0.6 is 0 Å². The summed E-state index contributed by atoms with van der Waals surface area (Å²) >= 11 is 0. The molecule has 0 aliphatic heterocycles. The van der Waals surface area contributed by atoms with Gasteiger partial charge in [0.2, 0.25) is 0 Å². The highest BCUT2D eigenvalue weighted by Crippen LogP contribution is 2.19. The van der Waals surface area contributed by atoms with Crippen molar-refractivity contribution in [2.24, 2.45) is 0 Å². The zero-order valence-electron chi connectivity index (χ0n) is 8.46. The summed E-state index contributed by atoms with van der Waals surface area (Å²) in [5.74, 6) is 0. The highest BCUT2D eigenvalue weighted by atomic mass is 16.5. The molecule has 0 aromatic carbocycles. The summed E-state index contributed by atoms with van der Waals surface area (Å²) in [7, 11) is 0. The van der Waals surface area contributed by atoms with E-state index in [-0.39, 0.29) is 11.6 Å². The van der Waals surface area contributed by atoms with Crippen molar-refractivity contribution in [3.8, 4) is 0 Å². The average Bonchev–Trinajstić information content (AvgIpc) is 1.99. The molecule has 0 unspecified atom stereocenters. The topological polar surface area (TPSA) is 23.5 Å². The van der Waals surface area contributed by atoms with Crippen LogP contribution in [0.25, 0.3) is 0 Å². The molecule has 1 N–H and O–H groups in total. The number of hydroxylamine groups is 2. The highest BCUT2D eigenvalue weighted by molar-refractivity contribution is 4.89. The fraction of sp³-hybridized carbons (Fsp3) is 0.700. The number of nitrogens with zero attached hydrogens (tertiary/aromatic N) is 1. The van der Waals surface area contributed by atoms with Crippen molar-refractivity contribution in [3.05, 3.63) is 18.4 Å². The molecule has 0 bridgehead atoms. The van der Waals surface area contributed by atoms with Crippen LogP contribution in [0.4, 0.5) is 0 Å². The van der Waals surface area contributed by atoms with Gasteiger partial charge in [0.15, 0.2) is 0 Å². The van der Waals surface area contributed by atoms with Crippen molar-refractivity contribution in [1.82, 2.24) is 5.06 Å². The number of hydrogen-bond acceptors (Lipinski definition) is 2. The van der Waals surface area contributed by atoms with E-state index >= 15 is 0 Å². The Morgan fingerprint density at radius 2 is 2.08 bits per heavy atom. The van der Waals surface area contributed by atoms with Crippen LogP contribution in [-0.4, -0.2) is 21.9 Å². The second kappa shape index (κ2) is 4.46. The van der Waals surface area contributed by atoms with Gasteiger partial charge in [-0.15, -0.1) is 5.73 Å². The molecule has 0 atom stereocenters. The Labute approximate surface area is 75.2 Å². The molecule has 0 aromatic heterocycles. The first-order valence-electron chi connectivity index (χ1n) is 4.24. The van der Waals surface area contributed by atoms with E-state index in [1.165, 1.54) is 5.06 Å². The minimum atomic E-state index is -0.237. The standard InChI is InChI=1S/C10H19NO/c1-6-7-8-10(4,5)11(12)9(2)3/h7,9,12H,1,8H2,2-5H3. The SMILES string of the molecule is C=C=CCC(C)(C)N(O)C(C)C. The molecule has 0 radical (unpaired) electrons. The summed E-state index contributed by atoms with van der Waals surface area (Å²) in [6.45, 7) is 11.4. The Hall–Kier alpha value is -0.560. The van der Waals surface area contributed by atoms with E-state index in [1.54, 1.807) is 0 Å². The first-order valence-corrected chi connectivity index (χ1v) is 4.24. The van der Waals surface area contributed by atoms with E-state index in [0.717, 1.165) is 6.42 Å². The first-order chi connectivity index (χ1) is 5.41. The molecular formula is C10H19NO. The Morgan fingerprint density at radius 1 is 1.58 bits per heavy atom. The predicted molar refractivity (Wildman–Crippen MR) is 51.2 cm³/mol. The molecule has 0 aromatic rings. The molecule has 0 aliphatic carbocycles. The average molecular weight is 169 g/mol. The quantitative estimate of drug-likeness (QED) is 0.516. The minimum absolute atomic E-state index is 0.137. The summed E-state index contributed by atoms with van der Waals surface area (Å²) < 4.78 is 0.